The van der Waals surface area contributed by atoms with Crippen LogP contribution in [0.1, 0.15) is 30.2 Å². The van der Waals surface area contributed by atoms with Crippen LogP contribution in [0.25, 0.3) is 0 Å². The summed E-state index contributed by atoms with van der Waals surface area (Å²) in [6.07, 6.45) is 2.42. The molecule has 2 rings (SSSR count). The van der Waals surface area contributed by atoms with Crippen molar-refractivity contribution < 1.29 is 14.3 Å². The molecular weight excluding hydrogens is 220 g/mol. The Balaban J connectivity index is 1.97. The second-order valence-electron chi connectivity index (χ2n) is 4.76. The van der Waals surface area contributed by atoms with E-state index in [4.69, 9.17) is 9.52 Å². The average molecular weight is 238 g/mol. The van der Waals surface area contributed by atoms with Gasteiger partial charge in [-0.3, -0.25) is 9.69 Å². The summed E-state index contributed by atoms with van der Waals surface area (Å²) >= 11 is 0. The van der Waals surface area contributed by atoms with E-state index in [1.54, 1.807) is 0 Å². The third-order valence-electron chi connectivity index (χ3n) is 3.00. The molecule has 0 atom stereocenters. The Kier molecular flexibility index (Phi) is 3.47. The van der Waals surface area contributed by atoms with E-state index in [1.807, 2.05) is 18.7 Å². The summed E-state index contributed by atoms with van der Waals surface area (Å²) in [5.41, 5.74) is 0.877. The Bertz CT molecular complexity index is 390. The Hall–Kier alpha value is -1.36. The molecule has 1 N–H and O–H groups in total. The predicted molar refractivity (Wildman–Crippen MR) is 61.6 cm³/mol. The molecule has 1 saturated carbocycles. The molecule has 5 nitrogen and oxygen atoms in total. The van der Waals surface area contributed by atoms with Crippen molar-refractivity contribution in [2.24, 2.45) is 5.92 Å². The van der Waals surface area contributed by atoms with E-state index in [0.29, 0.717) is 18.4 Å². The molecular formula is C12H18N2O3. The van der Waals surface area contributed by atoms with Crippen molar-refractivity contribution in [1.82, 2.24) is 9.88 Å². The molecule has 5 heteroatoms. The molecule has 0 spiro atoms. The van der Waals surface area contributed by atoms with E-state index in [1.165, 1.54) is 12.8 Å². The first-order valence-corrected chi connectivity index (χ1v) is 5.91. The highest BCUT2D eigenvalue weighted by atomic mass is 16.4. The van der Waals surface area contributed by atoms with Crippen LogP contribution >= 0.6 is 0 Å². The molecule has 0 amide bonds. The quantitative estimate of drug-likeness (QED) is 0.815. The van der Waals surface area contributed by atoms with Gasteiger partial charge in [-0.15, -0.1) is 0 Å². The number of carboxylic acids is 1. The number of carbonyl (C=O) groups is 1. The minimum atomic E-state index is -0.800. The Morgan fingerprint density at radius 2 is 2.24 bits per heavy atom. The smallest absolute Gasteiger partial charge is 0.317 e. The van der Waals surface area contributed by atoms with Gasteiger partial charge in [0.05, 0.1) is 18.8 Å². The zero-order valence-corrected chi connectivity index (χ0v) is 10.3. The maximum atomic E-state index is 10.8. The minimum absolute atomic E-state index is 0.0526. The van der Waals surface area contributed by atoms with Gasteiger partial charge >= 0.3 is 5.97 Å². The number of hydrogen-bond acceptors (Lipinski definition) is 4. The summed E-state index contributed by atoms with van der Waals surface area (Å²) in [5.74, 6) is 1.28. The maximum Gasteiger partial charge on any atom is 0.317 e. The monoisotopic (exact) mass is 238 g/mol. The highest BCUT2D eigenvalue weighted by Crippen LogP contribution is 2.30. The summed E-state index contributed by atoms with van der Waals surface area (Å²) < 4.78 is 5.48. The molecule has 17 heavy (non-hydrogen) atoms. The summed E-state index contributed by atoms with van der Waals surface area (Å²) in [6, 6.07) is 0. The molecule has 1 aromatic heterocycles. The van der Waals surface area contributed by atoms with Gasteiger partial charge in [-0.2, -0.15) is 0 Å². The summed E-state index contributed by atoms with van der Waals surface area (Å²) in [4.78, 5) is 17.0. The molecule has 0 bridgehead atoms. The summed E-state index contributed by atoms with van der Waals surface area (Å²) in [5, 5.41) is 8.86. The third kappa shape index (κ3) is 3.56. The highest BCUT2D eigenvalue weighted by molar-refractivity contribution is 5.69. The van der Waals surface area contributed by atoms with E-state index < -0.39 is 5.97 Å². The zero-order valence-electron chi connectivity index (χ0n) is 10.3. The van der Waals surface area contributed by atoms with Gasteiger partial charge in [0.2, 0.25) is 5.89 Å². The van der Waals surface area contributed by atoms with Gasteiger partial charge in [0.15, 0.2) is 0 Å². The zero-order chi connectivity index (χ0) is 12.4. The third-order valence-corrected chi connectivity index (χ3v) is 3.00. The lowest BCUT2D eigenvalue weighted by Gasteiger charge is -2.17. The van der Waals surface area contributed by atoms with E-state index in [9.17, 15) is 4.79 Å². The number of aromatic nitrogens is 1. The molecule has 0 aliphatic heterocycles. The summed E-state index contributed by atoms with van der Waals surface area (Å²) in [6.45, 7) is 5.13. The fourth-order valence-corrected chi connectivity index (χ4v) is 1.84. The molecule has 0 unspecified atom stereocenters. The van der Waals surface area contributed by atoms with Crippen molar-refractivity contribution >= 4 is 5.97 Å². The van der Waals surface area contributed by atoms with Gasteiger partial charge < -0.3 is 9.52 Å². The number of hydrogen-bond donors (Lipinski definition) is 1. The second kappa shape index (κ2) is 4.87. The van der Waals surface area contributed by atoms with Crippen LogP contribution in [0.3, 0.4) is 0 Å². The van der Waals surface area contributed by atoms with Gasteiger partial charge in [-0.25, -0.2) is 4.98 Å². The molecule has 1 fully saturated rings. The van der Waals surface area contributed by atoms with Crippen molar-refractivity contribution in [1.29, 1.82) is 0 Å². The van der Waals surface area contributed by atoms with Crippen LogP contribution in [0.4, 0.5) is 0 Å². The van der Waals surface area contributed by atoms with Gasteiger partial charge in [-0.05, 0) is 32.6 Å². The number of rotatable bonds is 6. The lowest BCUT2D eigenvalue weighted by Crippen LogP contribution is -2.31. The van der Waals surface area contributed by atoms with Crippen molar-refractivity contribution in [3.63, 3.8) is 0 Å². The SMILES string of the molecule is Cc1nc(CN(CC(=O)O)CC2CC2)oc1C. The van der Waals surface area contributed by atoms with Crippen LogP contribution in [0, 0.1) is 19.8 Å². The van der Waals surface area contributed by atoms with Crippen LogP contribution in [0.2, 0.25) is 0 Å². The highest BCUT2D eigenvalue weighted by Gasteiger charge is 2.26. The number of oxazole rings is 1. The molecule has 1 aliphatic rings. The Morgan fingerprint density at radius 1 is 1.53 bits per heavy atom. The molecule has 1 heterocycles. The van der Waals surface area contributed by atoms with Crippen molar-refractivity contribution in [3.8, 4) is 0 Å². The number of aliphatic carboxylic acids is 1. The molecule has 1 aromatic rings. The second-order valence-corrected chi connectivity index (χ2v) is 4.76. The minimum Gasteiger partial charge on any atom is -0.480 e. The number of aryl methyl sites for hydroxylation is 2. The van der Waals surface area contributed by atoms with Crippen LogP contribution in [0.5, 0.6) is 0 Å². The van der Waals surface area contributed by atoms with Crippen LogP contribution in [0.15, 0.2) is 4.42 Å². The fraction of sp³-hybridized carbons (Fsp3) is 0.667. The topological polar surface area (TPSA) is 66.6 Å². The van der Waals surface area contributed by atoms with E-state index in [-0.39, 0.29) is 6.54 Å². The van der Waals surface area contributed by atoms with Crippen LogP contribution in [-0.4, -0.2) is 34.0 Å². The average Bonchev–Trinajstić information content (AvgIpc) is 2.94. The predicted octanol–water partition coefficient (Wildman–Crippen LogP) is 1.59. The van der Waals surface area contributed by atoms with Crippen LogP contribution in [-0.2, 0) is 11.3 Å². The first-order valence-electron chi connectivity index (χ1n) is 5.91. The first kappa shape index (κ1) is 12.1. The van der Waals surface area contributed by atoms with Crippen molar-refractivity contribution in [3.05, 3.63) is 17.3 Å². The number of nitrogens with zero attached hydrogens (tertiary/aromatic N) is 2. The molecule has 0 saturated heterocycles. The molecule has 1 aliphatic carbocycles. The van der Waals surface area contributed by atoms with Gasteiger partial charge in [0.1, 0.15) is 5.76 Å². The van der Waals surface area contributed by atoms with Crippen molar-refractivity contribution in [2.75, 3.05) is 13.1 Å². The lowest BCUT2D eigenvalue weighted by molar-refractivity contribution is -0.138. The maximum absolute atomic E-state index is 10.8. The largest absolute Gasteiger partial charge is 0.480 e. The van der Waals surface area contributed by atoms with Crippen LogP contribution < -0.4 is 0 Å². The fourth-order valence-electron chi connectivity index (χ4n) is 1.84. The van der Waals surface area contributed by atoms with Gasteiger partial charge in [0.25, 0.3) is 0 Å². The molecule has 0 radical (unpaired) electrons. The van der Waals surface area contributed by atoms with Gasteiger partial charge in [-0.1, -0.05) is 0 Å². The van der Waals surface area contributed by atoms with E-state index >= 15 is 0 Å². The molecule has 94 valence electrons. The standard InChI is InChI=1S/C12H18N2O3/c1-8-9(2)17-11(13-8)6-14(7-12(15)16)5-10-3-4-10/h10H,3-7H2,1-2H3,(H,15,16). The Labute approximate surface area is 100 Å². The van der Waals surface area contributed by atoms with Gasteiger partial charge in [0, 0.05) is 6.54 Å². The lowest BCUT2D eigenvalue weighted by atomic mass is 10.3. The molecule has 0 aromatic carbocycles. The van der Waals surface area contributed by atoms with E-state index in [0.717, 1.165) is 18.0 Å². The first-order chi connectivity index (χ1) is 8.04. The summed E-state index contributed by atoms with van der Waals surface area (Å²) in [7, 11) is 0. The van der Waals surface area contributed by atoms with E-state index in [2.05, 4.69) is 4.98 Å². The normalized spacial score (nSPS) is 15.5. The van der Waals surface area contributed by atoms with Crippen molar-refractivity contribution in [2.45, 2.75) is 33.2 Å². The Morgan fingerprint density at radius 3 is 2.71 bits per heavy atom. The number of carboxylic acid groups (broad SMARTS) is 1.